The van der Waals surface area contributed by atoms with Crippen LogP contribution in [0.3, 0.4) is 0 Å². The zero-order valence-electron chi connectivity index (χ0n) is 16.0. The summed E-state index contributed by atoms with van der Waals surface area (Å²) in [4.78, 5) is 19.9. The Balaban J connectivity index is 1.91. The minimum atomic E-state index is -0.655. The van der Waals surface area contributed by atoms with Gasteiger partial charge in [-0.25, -0.2) is 0 Å². The van der Waals surface area contributed by atoms with Gasteiger partial charge >= 0.3 is 0 Å². The molecule has 0 amide bonds. The average Bonchev–Trinajstić information content (AvgIpc) is 2.57. The molecule has 2 atom stereocenters. The third-order valence-electron chi connectivity index (χ3n) is 5.41. The topological polar surface area (TPSA) is 58.7 Å². The molecule has 2 aliphatic heterocycles. The van der Waals surface area contributed by atoms with Gasteiger partial charge in [-0.05, 0) is 71.0 Å². The number of amidine groups is 1. The van der Waals surface area contributed by atoms with Crippen LogP contribution in [-0.4, -0.2) is 41.2 Å². The lowest BCUT2D eigenvalue weighted by Gasteiger charge is -2.33. The van der Waals surface area contributed by atoms with Crippen LogP contribution in [0, 0.1) is 5.92 Å². The van der Waals surface area contributed by atoms with E-state index in [1.807, 2.05) is 13.0 Å². The first-order valence-corrected chi connectivity index (χ1v) is 9.62. The third kappa shape index (κ3) is 5.17. The normalized spacial score (nSPS) is 29.4. The number of rotatable bonds is 6. The maximum absolute atomic E-state index is 12.7. The summed E-state index contributed by atoms with van der Waals surface area (Å²) in [5.41, 5.74) is 6.58. The van der Waals surface area contributed by atoms with Gasteiger partial charge in [0.15, 0.2) is 5.78 Å². The molecule has 136 valence electrons. The van der Waals surface area contributed by atoms with E-state index in [1.165, 1.54) is 25.8 Å². The fraction of sp³-hybridized carbons (Fsp3) is 0.800. The second kappa shape index (κ2) is 8.28. The maximum atomic E-state index is 12.7. The maximum Gasteiger partial charge on any atom is 0.164 e. The number of aliphatic imine (C=N–C) groups is 1. The van der Waals surface area contributed by atoms with E-state index in [9.17, 15) is 4.79 Å². The van der Waals surface area contributed by atoms with Crippen LogP contribution >= 0.6 is 0 Å². The molecule has 0 radical (unpaired) electrons. The lowest BCUT2D eigenvalue weighted by Crippen LogP contribution is -2.38. The molecular weight excluding hydrogens is 298 g/mol. The van der Waals surface area contributed by atoms with Gasteiger partial charge in [-0.1, -0.05) is 25.8 Å². The molecule has 1 saturated heterocycles. The second-order valence-corrected chi connectivity index (χ2v) is 8.30. The minimum absolute atomic E-state index is 0.217. The van der Waals surface area contributed by atoms with Crippen molar-refractivity contribution in [2.45, 2.75) is 84.2 Å². The van der Waals surface area contributed by atoms with Crippen LogP contribution in [0.5, 0.6) is 0 Å². The van der Waals surface area contributed by atoms with Crippen molar-refractivity contribution in [3.05, 3.63) is 11.6 Å². The van der Waals surface area contributed by atoms with Crippen LogP contribution in [0.2, 0.25) is 0 Å². The van der Waals surface area contributed by atoms with Crippen molar-refractivity contribution in [2.24, 2.45) is 16.6 Å². The van der Waals surface area contributed by atoms with Crippen molar-refractivity contribution in [2.75, 3.05) is 13.1 Å². The molecule has 24 heavy (non-hydrogen) atoms. The Morgan fingerprint density at radius 3 is 2.83 bits per heavy atom. The fourth-order valence-electron chi connectivity index (χ4n) is 4.15. The highest BCUT2D eigenvalue weighted by Crippen LogP contribution is 2.29. The molecule has 0 bridgehead atoms. The van der Waals surface area contributed by atoms with Gasteiger partial charge in [-0.15, -0.1) is 0 Å². The van der Waals surface area contributed by atoms with Crippen LogP contribution in [-0.2, 0) is 4.79 Å². The van der Waals surface area contributed by atoms with Crippen LogP contribution in [0.4, 0.5) is 0 Å². The minimum Gasteiger partial charge on any atom is -0.384 e. The van der Waals surface area contributed by atoms with Gasteiger partial charge in [0.25, 0.3) is 0 Å². The number of piperidine rings is 1. The van der Waals surface area contributed by atoms with Crippen LogP contribution in [0.1, 0.15) is 72.6 Å². The first-order valence-electron chi connectivity index (χ1n) is 9.62. The average molecular weight is 334 g/mol. The van der Waals surface area contributed by atoms with Crippen LogP contribution in [0.25, 0.3) is 0 Å². The lowest BCUT2D eigenvalue weighted by atomic mass is 9.84. The van der Waals surface area contributed by atoms with Gasteiger partial charge in [0.05, 0.1) is 0 Å². The largest absolute Gasteiger partial charge is 0.384 e. The number of carbonyl (C=O) groups excluding carboxylic acids is 1. The van der Waals surface area contributed by atoms with E-state index in [-0.39, 0.29) is 5.78 Å². The van der Waals surface area contributed by atoms with Crippen molar-refractivity contribution in [1.82, 2.24) is 4.90 Å². The van der Waals surface area contributed by atoms with Gasteiger partial charge in [-0.2, -0.15) is 0 Å². The highest BCUT2D eigenvalue weighted by atomic mass is 16.1. The Morgan fingerprint density at radius 2 is 2.17 bits per heavy atom. The first kappa shape index (κ1) is 19.2. The highest BCUT2D eigenvalue weighted by molar-refractivity contribution is 6.00. The monoisotopic (exact) mass is 333 g/mol. The molecule has 0 aromatic carbocycles. The van der Waals surface area contributed by atoms with Crippen molar-refractivity contribution in [1.29, 1.82) is 0 Å². The van der Waals surface area contributed by atoms with Gasteiger partial charge < -0.3 is 10.6 Å². The van der Waals surface area contributed by atoms with Crippen molar-refractivity contribution in [3.63, 3.8) is 0 Å². The molecule has 0 saturated carbocycles. The number of hydrogen-bond acceptors (Lipinski definition) is 4. The number of ketones is 1. The van der Waals surface area contributed by atoms with Crippen molar-refractivity contribution >= 4 is 11.6 Å². The van der Waals surface area contributed by atoms with Gasteiger partial charge in [0.2, 0.25) is 0 Å². The quantitative estimate of drug-likeness (QED) is 0.806. The van der Waals surface area contributed by atoms with E-state index in [0.717, 1.165) is 31.4 Å². The SMILES string of the molecule is CC(C)CC1(C)N=C(N)C=C(CCCN2CCCCC2C)CC1=O. The molecule has 2 N–H and O–H groups in total. The van der Waals surface area contributed by atoms with E-state index in [2.05, 4.69) is 30.7 Å². The number of nitrogens with two attached hydrogens (primary N) is 1. The number of nitrogens with zero attached hydrogens (tertiary/aromatic N) is 2. The molecule has 0 aromatic rings. The molecule has 4 heteroatoms. The third-order valence-corrected chi connectivity index (χ3v) is 5.41. The second-order valence-electron chi connectivity index (χ2n) is 8.30. The Hall–Kier alpha value is -1.16. The number of allylic oxidation sites excluding steroid dienone is 1. The Bertz CT molecular complexity index is 509. The molecule has 4 nitrogen and oxygen atoms in total. The van der Waals surface area contributed by atoms with Gasteiger partial charge in [0.1, 0.15) is 11.4 Å². The molecule has 0 spiro atoms. The summed E-state index contributed by atoms with van der Waals surface area (Å²) in [6, 6.07) is 0.699. The summed E-state index contributed by atoms with van der Waals surface area (Å²) in [6.07, 6.45) is 9.25. The first-order chi connectivity index (χ1) is 11.3. The Kier molecular flexibility index (Phi) is 6.62. The zero-order valence-corrected chi connectivity index (χ0v) is 16.0. The van der Waals surface area contributed by atoms with Gasteiger partial charge in [-0.3, -0.25) is 9.79 Å². The summed E-state index contributed by atoms with van der Waals surface area (Å²) in [5, 5.41) is 0. The number of Topliss-reactive ketones (excluding diaryl/α,β-unsaturated/α-hetero) is 1. The fourth-order valence-corrected chi connectivity index (χ4v) is 4.15. The standard InChI is InChI=1S/C20H35N3O/c1-15(2)14-20(4)18(24)12-17(13-19(21)22-20)9-7-11-23-10-6-5-8-16(23)3/h13,15-16H,5-12,14H2,1-4H3,(H2,21,22). The zero-order chi connectivity index (χ0) is 17.7. The van der Waals surface area contributed by atoms with E-state index >= 15 is 0 Å². The number of carbonyl (C=O) groups is 1. The van der Waals surface area contributed by atoms with Crippen molar-refractivity contribution < 1.29 is 4.79 Å². The summed E-state index contributed by atoms with van der Waals surface area (Å²) in [5.74, 6) is 1.16. The predicted octanol–water partition coefficient (Wildman–Crippen LogP) is 3.70. The predicted molar refractivity (Wildman–Crippen MR) is 101 cm³/mol. The van der Waals surface area contributed by atoms with Crippen LogP contribution < -0.4 is 5.73 Å². The van der Waals surface area contributed by atoms with E-state index in [0.29, 0.717) is 24.2 Å². The van der Waals surface area contributed by atoms with E-state index in [1.54, 1.807) is 0 Å². The molecule has 1 fully saturated rings. The van der Waals surface area contributed by atoms with Crippen molar-refractivity contribution in [3.8, 4) is 0 Å². The Morgan fingerprint density at radius 1 is 1.42 bits per heavy atom. The van der Waals surface area contributed by atoms with Gasteiger partial charge in [0, 0.05) is 12.5 Å². The van der Waals surface area contributed by atoms with E-state index < -0.39 is 5.54 Å². The summed E-state index contributed by atoms with van der Waals surface area (Å²) < 4.78 is 0. The molecule has 2 unspecified atom stereocenters. The number of likely N-dealkylation sites (tertiary alicyclic amines) is 1. The summed E-state index contributed by atoms with van der Waals surface area (Å²) in [6.45, 7) is 10.9. The Labute approximate surface area is 147 Å². The number of hydrogen-bond donors (Lipinski definition) is 1. The van der Waals surface area contributed by atoms with E-state index in [4.69, 9.17) is 5.73 Å². The lowest BCUT2D eigenvalue weighted by molar-refractivity contribution is -0.123. The highest BCUT2D eigenvalue weighted by Gasteiger charge is 2.35. The molecule has 2 aliphatic rings. The molecule has 0 aliphatic carbocycles. The van der Waals surface area contributed by atoms with Crippen LogP contribution in [0.15, 0.2) is 16.6 Å². The summed E-state index contributed by atoms with van der Waals surface area (Å²) >= 11 is 0. The molecule has 0 aromatic heterocycles. The molecule has 2 heterocycles. The molecular formula is C20H35N3O. The molecule has 2 rings (SSSR count). The smallest absolute Gasteiger partial charge is 0.164 e. The summed E-state index contributed by atoms with van der Waals surface area (Å²) in [7, 11) is 0.